The standard InChI is InChI=1S/C7H10BOP/c1-4-2-5(8)7(9)6(10)3-4/h2-3,9H,8,10H2,1H3. The second-order valence-corrected chi connectivity index (χ2v) is 3.14. The van der Waals surface area contributed by atoms with Crippen molar-refractivity contribution in [1.29, 1.82) is 0 Å². The van der Waals surface area contributed by atoms with E-state index in [-0.39, 0.29) is 0 Å². The van der Waals surface area contributed by atoms with Crippen molar-refractivity contribution in [2.24, 2.45) is 0 Å². The molecule has 0 aliphatic heterocycles. The zero-order chi connectivity index (χ0) is 7.72. The van der Waals surface area contributed by atoms with Crippen LogP contribution >= 0.6 is 9.24 Å². The first kappa shape index (κ1) is 7.62. The van der Waals surface area contributed by atoms with Crippen LogP contribution in [0.3, 0.4) is 0 Å². The van der Waals surface area contributed by atoms with E-state index in [2.05, 4.69) is 9.24 Å². The smallest absolute Gasteiger partial charge is 0.144 e. The van der Waals surface area contributed by atoms with Crippen LogP contribution < -0.4 is 10.8 Å². The molecule has 52 valence electrons. The van der Waals surface area contributed by atoms with E-state index in [0.29, 0.717) is 5.75 Å². The van der Waals surface area contributed by atoms with Gasteiger partial charge in [-0.05, 0) is 18.5 Å². The Balaban J connectivity index is 3.31. The van der Waals surface area contributed by atoms with E-state index in [9.17, 15) is 5.11 Å². The van der Waals surface area contributed by atoms with Gasteiger partial charge in [0.15, 0.2) is 0 Å². The Morgan fingerprint density at radius 2 is 2.10 bits per heavy atom. The largest absolute Gasteiger partial charge is 0.508 e. The van der Waals surface area contributed by atoms with Crippen molar-refractivity contribution in [2.45, 2.75) is 6.92 Å². The Kier molecular flexibility index (Phi) is 2.01. The minimum absolute atomic E-state index is 0.385. The van der Waals surface area contributed by atoms with E-state index in [1.54, 1.807) is 0 Å². The molecule has 1 rings (SSSR count). The molecule has 10 heavy (non-hydrogen) atoms. The lowest BCUT2D eigenvalue weighted by Gasteiger charge is -2.03. The SMILES string of the molecule is Bc1cc(C)cc(P)c1O. The second kappa shape index (κ2) is 2.63. The van der Waals surface area contributed by atoms with Crippen molar-refractivity contribution >= 4 is 27.9 Å². The maximum atomic E-state index is 9.31. The van der Waals surface area contributed by atoms with Crippen LogP contribution in [0.5, 0.6) is 5.75 Å². The number of phenols is 1. The summed E-state index contributed by atoms with van der Waals surface area (Å²) >= 11 is 0. The summed E-state index contributed by atoms with van der Waals surface area (Å²) in [5, 5.41) is 10.2. The number of benzene rings is 1. The Hall–Kier alpha value is -0.485. The van der Waals surface area contributed by atoms with Crippen LogP contribution in [0.25, 0.3) is 0 Å². The zero-order valence-corrected chi connectivity index (χ0v) is 7.33. The summed E-state index contributed by atoms with van der Waals surface area (Å²) in [6.45, 7) is 2.01. The van der Waals surface area contributed by atoms with E-state index in [1.807, 2.05) is 26.9 Å². The van der Waals surface area contributed by atoms with Crippen LogP contribution in [0, 0.1) is 6.92 Å². The Labute approximate surface area is 64.1 Å². The van der Waals surface area contributed by atoms with Gasteiger partial charge in [0.05, 0.1) is 0 Å². The average molecular weight is 152 g/mol. The highest BCUT2D eigenvalue weighted by Crippen LogP contribution is 2.06. The van der Waals surface area contributed by atoms with Gasteiger partial charge in [-0.1, -0.05) is 11.6 Å². The highest BCUT2D eigenvalue weighted by molar-refractivity contribution is 7.27. The van der Waals surface area contributed by atoms with Gasteiger partial charge in [-0.25, -0.2) is 0 Å². The van der Waals surface area contributed by atoms with Gasteiger partial charge in [0.25, 0.3) is 0 Å². The molecule has 0 spiro atoms. The Morgan fingerprint density at radius 1 is 1.50 bits per heavy atom. The van der Waals surface area contributed by atoms with Crippen LogP contribution in [0.2, 0.25) is 0 Å². The van der Waals surface area contributed by atoms with Gasteiger partial charge in [-0.3, -0.25) is 0 Å². The molecule has 0 radical (unpaired) electrons. The monoisotopic (exact) mass is 152 g/mol. The molecule has 0 aromatic heterocycles. The van der Waals surface area contributed by atoms with Crippen LogP contribution in [-0.4, -0.2) is 13.0 Å². The lowest BCUT2D eigenvalue weighted by atomic mass is 9.93. The zero-order valence-electron chi connectivity index (χ0n) is 6.18. The molecule has 1 aromatic carbocycles. The molecular formula is C7H10BOP. The van der Waals surface area contributed by atoms with E-state index in [0.717, 1.165) is 10.8 Å². The van der Waals surface area contributed by atoms with Gasteiger partial charge < -0.3 is 5.11 Å². The highest BCUT2D eigenvalue weighted by atomic mass is 31.0. The molecule has 0 fully saturated rings. The molecule has 1 atom stereocenters. The van der Waals surface area contributed by atoms with Crippen molar-refractivity contribution in [1.82, 2.24) is 0 Å². The van der Waals surface area contributed by atoms with Crippen LogP contribution in [0.4, 0.5) is 0 Å². The fraction of sp³-hybridized carbons (Fsp3) is 0.143. The van der Waals surface area contributed by atoms with Crippen LogP contribution in [0.1, 0.15) is 5.56 Å². The van der Waals surface area contributed by atoms with E-state index in [4.69, 9.17) is 0 Å². The normalized spacial score (nSPS) is 9.80. The fourth-order valence-corrected chi connectivity index (χ4v) is 1.48. The minimum Gasteiger partial charge on any atom is -0.508 e. The molecule has 0 heterocycles. The van der Waals surface area contributed by atoms with Crippen molar-refractivity contribution in [3.05, 3.63) is 17.7 Å². The topological polar surface area (TPSA) is 20.2 Å². The molecule has 0 saturated heterocycles. The Bertz CT molecular complexity index is 237. The Morgan fingerprint density at radius 3 is 2.60 bits per heavy atom. The summed E-state index contributed by atoms with van der Waals surface area (Å²) in [7, 11) is 4.40. The molecule has 0 amide bonds. The fourth-order valence-electron chi connectivity index (χ4n) is 0.993. The molecule has 1 aromatic rings. The average Bonchev–Trinajstić information content (AvgIpc) is 1.82. The molecule has 0 saturated carbocycles. The first-order valence-corrected chi connectivity index (χ1v) is 3.74. The summed E-state index contributed by atoms with van der Waals surface area (Å²) in [4.78, 5) is 0. The van der Waals surface area contributed by atoms with Crippen LogP contribution in [0.15, 0.2) is 12.1 Å². The maximum absolute atomic E-state index is 9.31. The number of phenolic OH excluding ortho intramolecular Hbond substituents is 1. The van der Waals surface area contributed by atoms with E-state index in [1.165, 1.54) is 5.56 Å². The number of hydrogen-bond donors (Lipinski definition) is 1. The molecule has 1 N–H and O–H groups in total. The second-order valence-electron chi connectivity index (χ2n) is 2.52. The summed E-state index contributed by atoms with van der Waals surface area (Å²) in [6.07, 6.45) is 0. The third kappa shape index (κ3) is 1.33. The van der Waals surface area contributed by atoms with Crippen LogP contribution in [-0.2, 0) is 0 Å². The van der Waals surface area contributed by atoms with Gasteiger partial charge in [0.1, 0.15) is 13.6 Å². The van der Waals surface area contributed by atoms with Crippen molar-refractivity contribution in [3.63, 3.8) is 0 Å². The van der Waals surface area contributed by atoms with E-state index >= 15 is 0 Å². The molecule has 1 unspecified atom stereocenters. The molecule has 0 aliphatic rings. The van der Waals surface area contributed by atoms with Crippen molar-refractivity contribution in [2.75, 3.05) is 0 Å². The summed E-state index contributed by atoms with van der Waals surface area (Å²) < 4.78 is 0. The van der Waals surface area contributed by atoms with E-state index < -0.39 is 0 Å². The highest BCUT2D eigenvalue weighted by Gasteiger charge is 1.98. The van der Waals surface area contributed by atoms with Gasteiger partial charge in [-0.15, -0.1) is 9.24 Å². The van der Waals surface area contributed by atoms with Gasteiger partial charge in [0.2, 0.25) is 0 Å². The quantitative estimate of drug-likeness (QED) is 0.391. The maximum Gasteiger partial charge on any atom is 0.144 e. The van der Waals surface area contributed by atoms with Crippen molar-refractivity contribution < 1.29 is 5.11 Å². The van der Waals surface area contributed by atoms with Gasteiger partial charge >= 0.3 is 0 Å². The molecular weight excluding hydrogens is 142 g/mol. The first-order chi connectivity index (χ1) is 4.61. The van der Waals surface area contributed by atoms with Crippen molar-refractivity contribution in [3.8, 4) is 5.75 Å². The molecule has 3 heteroatoms. The number of aromatic hydroxyl groups is 1. The predicted octanol–water partition coefficient (Wildman–Crippen LogP) is -0.541. The summed E-state index contributed by atoms with van der Waals surface area (Å²) in [6, 6.07) is 3.90. The summed E-state index contributed by atoms with van der Waals surface area (Å²) in [5.41, 5.74) is 2.12. The molecule has 0 aliphatic carbocycles. The third-order valence-electron chi connectivity index (χ3n) is 1.47. The predicted molar refractivity (Wildman–Crippen MR) is 50.4 cm³/mol. The lowest BCUT2D eigenvalue weighted by Crippen LogP contribution is -2.10. The number of rotatable bonds is 0. The molecule has 0 bridgehead atoms. The number of aryl methyl sites for hydroxylation is 1. The molecule has 1 nitrogen and oxygen atoms in total. The summed E-state index contributed by atoms with van der Waals surface area (Å²) in [5.74, 6) is 0.385. The third-order valence-corrected chi connectivity index (χ3v) is 1.91. The number of hydrogen-bond acceptors (Lipinski definition) is 1. The lowest BCUT2D eigenvalue weighted by molar-refractivity contribution is 0.484. The van der Waals surface area contributed by atoms with Gasteiger partial charge in [-0.2, -0.15) is 0 Å². The first-order valence-electron chi connectivity index (χ1n) is 3.17. The van der Waals surface area contributed by atoms with Gasteiger partial charge in [0, 0.05) is 5.30 Å². The minimum atomic E-state index is 0.385.